The molecule has 0 aromatic heterocycles. The zero-order valence-corrected chi connectivity index (χ0v) is 7.52. The molecular formula is C6H4BrFPd-. The molecule has 0 aliphatic heterocycles. The van der Waals surface area contributed by atoms with E-state index in [0.717, 1.165) is 0 Å². The molecule has 0 aromatic carbocycles. The molecule has 0 unspecified atom stereocenters. The number of halogens is 2. The van der Waals surface area contributed by atoms with Gasteiger partial charge in [-0.05, 0) is 18.2 Å². The summed E-state index contributed by atoms with van der Waals surface area (Å²) in [5.74, 6) is -0.209. The van der Waals surface area contributed by atoms with Crippen LogP contribution >= 0.6 is 0 Å². The average molecular weight is 281 g/mol. The van der Waals surface area contributed by atoms with Gasteiger partial charge in [0.1, 0.15) is 5.83 Å². The van der Waals surface area contributed by atoms with Crippen LogP contribution in [0.3, 0.4) is 0 Å². The SMILES string of the molecule is FC1=CC=C=C[CH]1.[Br-].[Pd]. The summed E-state index contributed by atoms with van der Waals surface area (Å²) in [4.78, 5) is 0. The first-order valence-corrected chi connectivity index (χ1v) is 2.01. The van der Waals surface area contributed by atoms with Crippen LogP contribution < -0.4 is 17.0 Å². The molecule has 9 heavy (non-hydrogen) atoms. The van der Waals surface area contributed by atoms with Crippen molar-refractivity contribution in [1.29, 1.82) is 0 Å². The molecule has 1 aliphatic carbocycles. The molecule has 0 bridgehead atoms. The van der Waals surface area contributed by atoms with Crippen LogP contribution in [0.4, 0.5) is 4.39 Å². The predicted octanol–water partition coefficient (Wildman–Crippen LogP) is -1.23. The van der Waals surface area contributed by atoms with Crippen molar-refractivity contribution in [3.05, 3.63) is 36.2 Å². The summed E-state index contributed by atoms with van der Waals surface area (Å²) in [6, 6.07) is 0. The van der Waals surface area contributed by atoms with Gasteiger partial charge >= 0.3 is 0 Å². The van der Waals surface area contributed by atoms with Gasteiger partial charge in [-0.1, -0.05) is 0 Å². The Morgan fingerprint density at radius 1 is 1.33 bits per heavy atom. The summed E-state index contributed by atoms with van der Waals surface area (Å²) < 4.78 is 11.9. The smallest absolute Gasteiger partial charge is 0.109 e. The van der Waals surface area contributed by atoms with Gasteiger partial charge in [-0.2, -0.15) is 0 Å². The van der Waals surface area contributed by atoms with Gasteiger partial charge in [0.2, 0.25) is 0 Å². The van der Waals surface area contributed by atoms with E-state index >= 15 is 0 Å². The van der Waals surface area contributed by atoms with Gasteiger partial charge in [-0.25, -0.2) is 4.39 Å². The third-order valence-electron chi connectivity index (χ3n) is 0.678. The second kappa shape index (κ2) is 6.45. The largest absolute Gasteiger partial charge is 1.00 e. The van der Waals surface area contributed by atoms with Gasteiger partial charge < -0.3 is 17.0 Å². The maximum atomic E-state index is 11.9. The molecule has 53 valence electrons. The van der Waals surface area contributed by atoms with Crippen molar-refractivity contribution < 1.29 is 41.8 Å². The molecule has 0 spiro atoms. The molecular weight excluding hydrogens is 277 g/mol. The topological polar surface area (TPSA) is 0 Å². The van der Waals surface area contributed by atoms with Crippen LogP contribution in [0.25, 0.3) is 0 Å². The van der Waals surface area contributed by atoms with Crippen LogP contribution in [0.1, 0.15) is 0 Å². The van der Waals surface area contributed by atoms with E-state index in [0.29, 0.717) is 0 Å². The van der Waals surface area contributed by atoms with E-state index in [2.05, 4.69) is 5.73 Å². The summed E-state index contributed by atoms with van der Waals surface area (Å²) in [6.07, 6.45) is 5.80. The van der Waals surface area contributed by atoms with E-state index < -0.39 is 0 Å². The van der Waals surface area contributed by atoms with Crippen molar-refractivity contribution in [1.82, 2.24) is 0 Å². The minimum Gasteiger partial charge on any atom is -1.00 e. The number of allylic oxidation sites excluding steroid dienone is 3. The Hall–Kier alpha value is 0.332. The van der Waals surface area contributed by atoms with Crippen LogP contribution in [0.2, 0.25) is 0 Å². The Balaban J connectivity index is 0. The average Bonchev–Trinajstić information content (AvgIpc) is 1.69. The van der Waals surface area contributed by atoms with Gasteiger partial charge in [-0.3, -0.25) is 0 Å². The van der Waals surface area contributed by atoms with Crippen LogP contribution in [-0.2, 0) is 20.4 Å². The van der Waals surface area contributed by atoms with Crippen LogP contribution in [0.5, 0.6) is 0 Å². The molecule has 0 atom stereocenters. The molecule has 0 saturated carbocycles. The van der Waals surface area contributed by atoms with Crippen LogP contribution in [-0.4, -0.2) is 0 Å². The number of hydrogen-bond donors (Lipinski definition) is 0. The van der Waals surface area contributed by atoms with Crippen molar-refractivity contribution in [3.63, 3.8) is 0 Å². The summed E-state index contributed by atoms with van der Waals surface area (Å²) in [5, 5.41) is 0. The molecule has 0 aromatic rings. The van der Waals surface area contributed by atoms with E-state index in [1.54, 1.807) is 0 Å². The standard InChI is InChI=1S/C6H4F.BrH.Pd/c7-6-4-2-1-3-5-6;;/h2-5H;1H;/p-1. The zero-order chi connectivity index (χ0) is 5.11. The van der Waals surface area contributed by atoms with Crippen molar-refractivity contribution in [2.24, 2.45) is 0 Å². The van der Waals surface area contributed by atoms with Gasteiger partial charge in [0.05, 0.1) is 0 Å². The fourth-order valence-electron chi connectivity index (χ4n) is 0.367. The summed E-state index contributed by atoms with van der Waals surface area (Å²) >= 11 is 0. The van der Waals surface area contributed by atoms with Crippen molar-refractivity contribution >= 4 is 0 Å². The van der Waals surface area contributed by atoms with E-state index in [1.807, 2.05) is 0 Å². The minimum atomic E-state index is -0.209. The van der Waals surface area contributed by atoms with Crippen molar-refractivity contribution in [3.8, 4) is 0 Å². The fraction of sp³-hybridized carbons (Fsp3) is 0. The van der Waals surface area contributed by atoms with Gasteiger partial charge in [-0.15, -0.1) is 5.73 Å². The third kappa shape index (κ3) is 4.81. The molecule has 0 nitrogen and oxygen atoms in total. The fourth-order valence-corrected chi connectivity index (χ4v) is 0.367. The molecule has 1 aliphatic rings. The van der Waals surface area contributed by atoms with E-state index in [-0.39, 0.29) is 43.2 Å². The summed E-state index contributed by atoms with van der Waals surface area (Å²) in [6.45, 7) is 0. The maximum Gasteiger partial charge on any atom is 0.109 e. The van der Waals surface area contributed by atoms with Crippen molar-refractivity contribution in [2.45, 2.75) is 0 Å². The predicted molar refractivity (Wildman–Crippen MR) is 26.1 cm³/mol. The Labute approximate surface area is 77.9 Å². The first-order valence-electron chi connectivity index (χ1n) is 2.01. The number of rotatable bonds is 0. The molecule has 0 amide bonds. The summed E-state index contributed by atoms with van der Waals surface area (Å²) in [5.41, 5.74) is 2.69. The molecule has 1 rings (SSSR count). The van der Waals surface area contributed by atoms with Crippen LogP contribution in [0, 0.1) is 6.42 Å². The minimum absolute atomic E-state index is 0. The second-order valence-electron chi connectivity index (χ2n) is 1.22. The molecule has 0 N–H and O–H groups in total. The number of hydrogen-bond acceptors (Lipinski definition) is 0. The third-order valence-corrected chi connectivity index (χ3v) is 0.678. The van der Waals surface area contributed by atoms with Gasteiger partial charge in [0, 0.05) is 26.8 Å². The van der Waals surface area contributed by atoms with Gasteiger partial charge in [0.25, 0.3) is 0 Å². The normalized spacial score (nSPS) is 13.2. The first-order chi connectivity index (χ1) is 3.39. The zero-order valence-electron chi connectivity index (χ0n) is 4.38. The van der Waals surface area contributed by atoms with Crippen molar-refractivity contribution in [2.75, 3.05) is 0 Å². The monoisotopic (exact) mass is 280 g/mol. The molecule has 0 saturated heterocycles. The summed E-state index contributed by atoms with van der Waals surface area (Å²) in [7, 11) is 0. The van der Waals surface area contributed by atoms with Gasteiger partial charge in [0.15, 0.2) is 0 Å². The van der Waals surface area contributed by atoms with Crippen LogP contribution in [0.15, 0.2) is 29.8 Å². The molecule has 0 fully saturated rings. The Morgan fingerprint density at radius 2 is 2.00 bits per heavy atom. The first kappa shape index (κ1) is 12.1. The molecule has 3 heteroatoms. The quantitative estimate of drug-likeness (QED) is 0.385. The van der Waals surface area contributed by atoms with E-state index in [4.69, 9.17) is 0 Å². The Morgan fingerprint density at radius 3 is 2.22 bits per heavy atom. The second-order valence-corrected chi connectivity index (χ2v) is 1.22. The Kier molecular flexibility index (Phi) is 8.64. The Bertz CT molecular complexity index is 156. The molecule has 1 radical (unpaired) electrons. The van der Waals surface area contributed by atoms with E-state index in [1.165, 1.54) is 24.6 Å². The maximum absolute atomic E-state index is 11.9. The molecule has 0 heterocycles. The van der Waals surface area contributed by atoms with E-state index in [9.17, 15) is 4.39 Å².